The molecule has 5 rings (SSSR count). The van der Waals surface area contributed by atoms with E-state index in [1.165, 1.54) is 17.5 Å². The lowest BCUT2D eigenvalue weighted by Gasteiger charge is -2.06. The number of aryl methyl sites for hydroxylation is 2. The fourth-order valence-corrected chi connectivity index (χ4v) is 6.14. The standard InChI is InChI=1S/C29H26N4O4S2/c1-18-11-22(12-19(2)31-18)20-7-6-8-21(13-20)26-17-38-28(32-26)14-23(34)15-30-29(35)25-16-33(39(3,36)37)27-10-5-4-9-24(25)27/h4-13,16-17H,14-15H2,1-3H3,(H,30,35). The molecule has 1 amide bonds. The molecule has 3 heterocycles. The molecular weight excluding hydrogens is 532 g/mol. The lowest BCUT2D eigenvalue weighted by molar-refractivity contribution is -0.117. The van der Waals surface area contributed by atoms with Crippen molar-refractivity contribution in [2.45, 2.75) is 20.3 Å². The number of nitrogens with zero attached hydrogens (tertiary/aromatic N) is 3. The van der Waals surface area contributed by atoms with E-state index >= 15 is 0 Å². The quantitative estimate of drug-likeness (QED) is 0.293. The third-order valence-electron chi connectivity index (χ3n) is 6.20. The van der Waals surface area contributed by atoms with Gasteiger partial charge in [0.15, 0.2) is 5.78 Å². The minimum absolute atomic E-state index is 0.0818. The molecule has 39 heavy (non-hydrogen) atoms. The number of aromatic nitrogens is 3. The number of benzene rings is 2. The van der Waals surface area contributed by atoms with Gasteiger partial charge in [-0.2, -0.15) is 0 Å². The number of rotatable bonds is 8. The van der Waals surface area contributed by atoms with Gasteiger partial charge in [-0.05, 0) is 49.2 Å². The number of fused-ring (bicyclic) bond motifs is 1. The van der Waals surface area contributed by atoms with Gasteiger partial charge in [0.2, 0.25) is 10.0 Å². The Bertz CT molecular complexity index is 1820. The number of para-hydroxylation sites is 1. The first-order valence-corrected chi connectivity index (χ1v) is 14.9. The Balaban J connectivity index is 1.26. The molecule has 2 aromatic carbocycles. The summed E-state index contributed by atoms with van der Waals surface area (Å²) in [6.45, 7) is 3.75. The molecule has 198 valence electrons. The number of pyridine rings is 1. The highest BCUT2D eigenvalue weighted by Crippen LogP contribution is 2.28. The van der Waals surface area contributed by atoms with Crippen molar-refractivity contribution in [2.24, 2.45) is 0 Å². The minimum Gasteiger partial charge on any atom is -0.345 e. The Morgan fingerprint density at radius 3 is 2.38 bits per heavy atom. The van der Waals surface area contributed by atoms with Crippen molar-refractivity contribution in [1.82, 2.24) is 19.3 Å². The van der Waals surface area contributed by atoms with Crippen LogP contribution in [0.4, 0.5) is 0 Å². The zero-order valence-electron chi connectivity index (χ0n) is 21.6. The Morgan fingerprint density at radius 1 is 0.923 bits per heavy atom. The Morgan fingerprint density at radius 2 is 1.64 bits per heavy atom. The molecule has 0 aliphatic rings. The first-order valence-electron chi connectivity index (χ1n) is 12.2. The van der Waals surface area contributed by atoms with E-state index in [9.17, 15) is 18.0 Å². The molecular formula is C29H26N4O4S2. The van der Waals surface area contributed by atoms with Crippen LogP contribution < -0.4 is 5.32 Å². The third-order valence-corrected chi connectivity index (χ3v) is 8.06. The molecule has 0 atom stereocenters. The SMILES string of the molecule is Cc1cc(-c2cccc(-c3csc(CC(=O)CNC(=O)c4cn(S(C)(=O)=O)c5ccccc45)n3)c2)cc(C)n1. The van der Waals surface area contributed by atoms with Gasteiger partial charge in [-0.25, -0.2) is 17.4 Å². The van der Waals surface area contributed by atoms with Crippen LogP contribution in [0.25, 0.3) is 33.3 Å². The molecule has 8 nitrogen and oxygen atoms in total. The fourth-order valence-electron chi connectivity index (χ4n) is 4.49. The van der Waals surface area contributed by atoms with E-state index in [4.69, 9.17) is 0 Å². The average molecular weight is 559 g/mol. The van der Waals surface area contributed by atoms with Crippen LogP contribution in [-0.2, 0) is 21.2 Å². The molecule has 0 spiro atoms. The second-order valence-electron chi connectivity index (χ2n) is 9.36. The van der Waals surface area contributed by atoms with Crippen molar-refractivity contribution in [2.75, 3.05) is 12.8 Å². The van der Waals surface area contributed by atoms with Crippen molar-refractivity contribution in [1.29, 1.82) is 0 Å². The second kappa shape index (κ2) is 10.5. The fraction of sp³-hybridized carbons (Fsp3) is 0.172. The Kier molecular flexibility index (Phi) is 7.16. The Hall–Kier alpha value is -4.15. The van der Waals surface area contributed by atoms with Gasteiger partial charge in [-0.3, -0.25) is 14.6 Å². The third kappa shape index (κ3) is 5.81. The molecule has 0 aliphatic carbocycles. The van der Waals surface area contributed by atoms with Crippen LogP contribution in [0.3, 0.4) is 0 Å². The summed E-state index contributed by atoms with van der Waals surface area (Å²) in [6.07, 6.45) is 2.44. The minimum atomic E-state index is -3.60. The summed E-state index contributed by atoms with van der Waals surface area (Å²) in [5.41, 5.74) is 6.39. The van der Waals surface area contributed by atoms with Gasteiger partial charge >= 0.3 is 0 Å². The van der Waals surface area contributed by atoms with Crippen LogP contribution in [0.1, 0.15) is 26.8 Å². The maximum Gasteiger partial charge on any atom is 0.253 e. The zero-order chi connectivity index (χ0) is 27.7. The molecule has 0 saturated carbocycles. The summed E-state index contributed by atoms with van der Waals surface area (Å²) in [5.74, 6) is -0.715. The van der Waals surface area contributed by atoms with Crippen molar-refractivity contribution < 1.29 is 18.0 Å². The summed E-state index contributed by atoms with van der Waals surface area (Å²) < 4.78 is 25.4. The zero-order valence-corrected chi connectivity index (χ0v) is 23.3. The van der Waals surface area contributed by atoms with E-state index in [0.29, 0.717) is 15.9 Å². The molecule has 10 heteroatoms. The van der Waals surface area contributed by atoms with E-state index in [0.717, 1.165) is 44.0 Å². The first-order chi connectivity index (χ1) is 18.6. The van der Waals surface area contributed by atoms with E-state index in [1.807, 2.05) is 49.6 Å². The number of hydrogen-bond donors (Lipinski definition) is 1. The average Bonchev–Trinajstić information content (AvgIpc) is 3.52. The number of carbonyl (C=O) groups excluding carboxylic acids is 2. The van der Waals surface area contributed by atoms with Crippen LogP contribution >= 0.6 is 11.3 Å². The van der Waals surface area contributed by atoms with Crippen LogP contribution in [0, 0.1) is 13.8 Å². The monoisotopic (exact) mass is 558 g/mol. The van der Waals surface area contributed by atoms with Gasteiger partial charge in [-0.1, -0.05) is 36.4 Å². The predicted octanol–water partition coefficient (Wildman–Crippen LogP) is 4.79. The highest BCUT2D eigenvalue weighted by molar-refractivity contribution is 7.89. The van der Waals surface area contributed by atoms with Gasteiger partial charge in [0.1, 0.15) is 5.01 Å². The smallest absolute Gasteiger partial charge is 0.253 e. The van der Waals surface area contributed by atoms with Crippen LogP contribution in [-0.4, -0.2) is 46.8 Å². The molecule has 0 saturated heterocycles. The van der Waals surface area contributed by atoms with Crippen molar-refractivity contribution in [3.05, 3.63) is 94.2 Å². The molecule has 0 fully saturated rings. The van der Waals surface area contributed by atoms with Gasteiger partial charge < -0.3 is 5.32 Å². The molecule has 1 N–H and O–H groups in total. The molecule has 0 bridgehead atoms. The van der Waals surface area contributed by atoms with Crippen molar-refractivity contribution in [3.8, 4) is 22.4 Å². The van der Waals surface area contributed by atoms with E-state index in [2.05, 4.69) is 21.4 Å². The van der Waals surface area contributed by atoms with Crippen LogP contribution in [0.5, 0.6) is 0 Å². The summed E-state index contributed by atoms with van der Waals surface area (Å²) in [5, 5.41) is 5.69. The van der Waals surface area contributed by atoms with Crippen LogP contribution in [0.2, 0.25) is 0 Å². The Labute approximate surface area is 230 Å². The number of carbonyl (C=O) groups is 2. The lowest BCUT2D eigenvalue weighted by atomic mass is 10.0. The van der Waals surface area contributed by atoms with Crippen LogP contribution in [0.15, 0.2) is 72.2 Å². The molecule has 0 radical (unpaired) electrons. The van der Waals surface area contributed by atoms with E-state index in [-0.39, 0.29) is 24.3 Å². The highest BCUT2D eigenvalue weighted by atomic mass is 32.2. The van der Waals surface area contributed by atoms with Gasteiger partial charge in [0.05, 0.1) is 36.0 Å². The predicted molar refractivity (Wildman–Crippen MR) is 153 cm³/mol. The topological polar surface area (TPSA) is 111 Å². The number of amides is 1. The summed E-state index contributed by atoms with van der Waals surface area (Å²) in [6, 6.07) is 18.9. The highest BCUT2D eigenvalue weighted by Gasteiger charge is 2.20. The first kappa shape index (κ1) is 26.5. The molecule has 0 aliphatic heterocycles. The lowest BCUT2D eigenvalue weighted by Crippen LogP contribution is -2.30. The van der Waals surface area contributed by atoms with E-state index in [1.54, 1.807) is 24.3 Å². The van der Waals surface area contributed by atoms with Crippen molar-refractivity contribution >= 4 is 44.0 Å². The number of ketones is 1. The summed E-state index contributed by atoms with van der Waals surface area (Å²) in [4.78, 5) is 34.6. The number of nitrogens with one attached hydrogen (secondary N) is 1. The number of thiazole rings is 1. The van der Waals surface area contributed by atoms with Crippen molar-refractivity contribution in [3.63, 3.8) is 0 Å². The largest absolute Gasteiger partial charge is 0.345 e. The maximum atomic E-state index is 12.8. The summed E-state index contributed by atoms with van der Waals surface area (Å²) >= 11 is 1.39. The molecule has 3 aromatic heterocycles. The van der Waals surface area contributed by atoms with E-state index < -0.39 is 15.9 Å². The maximum absolute atomic E-state index is 12.8. The summed E-state index contributed by atoms with van der Waals surface area (Å²) in [7, 11) is -3.60. The second-order valence-corrected chi connectivity index (χ2v) is 12.2. The molecule has 5 aromatic rings. The number of hydrogen-bond acceptors (Lipinski definition) is 7. The van der Waals surface area contributed by atoms with Gasteiger partial charge in [0, 0.05) is 33.9 Å². The van der Waals surface area contributed by atoms with Gasteiger partial charge in [-0.15, -0.1) is 11.3 Å². The number of Topliss-reactive ketones (excluding diaryl/α,β-unsaturated/α-hetero) is 1. The normalized spacial score (nSPS) is 11.6. The van der Waals surface area contributed by atoms with Gasteiger partial charge in [0.25, 0.3) is 5.91 Å². The molecule has 0 unspecified atom stereocenters.